The summed E-state index contributed by atoms with van der Waals surface area (Å²) in [6.07, 6.45) is 8.24. The molecule has 5 aliphatic rings. The Morgan fingerprint density at radius 2 is 1.57 bits per heavy atom. The average molecular weight is 871 g/mol. The average Bonchev–Trinajstić information content (AvgIpc) is 3.55. The number of hydrogen-bond donors (Lipinski definition) is 2. The molecule has 0 aliphatic carbocycles. The summed E-state index contributed by atoms with van der Waals surface area (Å²) in [5.74, 6) is -6.80. The number of Topliss-reactive ketones (excluding diaryl/α,β-unsaturated/α-hetero) is 1. The molecular weight excluding hydrogens is 792 g/mol. The second-order valence-corrected chi connectivity index (χ2v) is 19.8. The van der Waals surface area contributed by atoms with Crippen molar-refractivity contribution in [1.29, 1.82) is 0 Å². The van der Waals surface area contributed by atoms with E-state index >= 15 is 0 Å². The van der Waals surface area contributed by atoms with Gasteiger partial charge in [0.2, 0.25) is 5.79 Å². The standard InChI is InChI=1S/C48H80O12.Na/c1-12-16-17-18-39(49)57-38-22-24-47(60-48(38)26-25-45(11,59-48)37-21-23-46(54,15-4)33(10)55-37)30(7)27-29(6)43(58-47)35(14-3)41(51)31(8)40(50)32(9)42-28(5)19-20-36(56-42)34(13-2)44(52)53;/h22,24,28-38,40,42-43,50,54H,12-21,23,25-27H2,1-11H3,(H,52,53);/q;+1/p-1/t28-,29-,30+,31-,32-,33-,34+,35-,36+,37+,38+,40+,42+,43-,45-,46+,47-,48-;/m0./s1. The zero-order valence-electron chi connectivity index (χ0n) is 39.6. The predicted octanol–water partition coefficient (Wildman–Crippen LogP) is 3.99. The zero-order chi connectivity index (χ0) is 44.4. The number of aliphatic hydroxyl groups is 2. The molecule has 2 spiro atoms. The topological polar surface area (TPSA) is 170 Å². The predicted molar refractivity (Wildman–Crippen MR) is 224 cm³/mol. The molecule has 5 rings (SSSR count). The normalized spacial score (nSPS) is 41.4. The Bertz CT molecular complexity index is 1510. The first-order valence-electron chi connectivity index (χ1n) is 23.7. The van der Waals surface area contributed by atoms with Crippen LogP contribution < -0.4 is 34.7 Å². The number of carboxylic acids is 1. The fraction of sp³-hybridized carbons (Fsp3) is 0.896. The van der Waals surface area contributed by atoms with Crippen molar-refractivity contribution in [3.8, 4) is 0 Å². The van der Waals surface area contributed by atoms with Crippen LogP contribution >= 0.6 is 0 Å². The van der Waals surface area contributed by atoms with E-state index < -0.39 is 89.0 Å². The van der Waals surface area contributed by atoms with E-state index in [0.29, 0.717) is 57.8 Å². The van der Waals surface area contributed by atoms with Crippen LogP contribution in [-0.2, 0) is 42.8 Å². The van der Waals surface area contributed by atoms with Crippen LogP contribution in [0.5, 0.6) is 0 Å². The molecule has 0 aromatic heterocycles. The van der Waals surface area contributed by atoms with E-state index in [4.69, 9.17) is 28.4 Å². The van der Waals surface area contributed by atoms with Gasteiger partial charge in [0, 0.05) is 48.4 Å². The van der Waals surface area contributed by atoms with Crippen LogP contribution in [0.2, 0.25) is 0 Å². The van der Waals surface area contributed by atoms with Crippen molar-refractivity contribution in [2.45, 2.75) is 232 Å². The van der Waals surface area contributed by atoms with Crippen molar-refractivity contribution in [3.63, 3.8) is 0 Å². The second kappa shape index (κ2) is 21.6. The van der Waals surface area contributed by atoms with Gasteiger partial charge in [0.25, 0.3) is 0 Å². The van der Waals surface area contributed by atoms with E-state index in [0.717, 1.165) is 25.7 Å². The van der Waals surface area contributed by atoms with Crippen molar-refractivity contribution in [2.75, 3.05) is 0 Å². The molecule has 13 heteroatoms. The molecule has 12 nitrogen and oxygen atoms in total. The molecular formula is C48H79NaO12. The minimum absolute atomic E-state index is 0. The fourth-order valence-electron chi connectivity index (χ4n) is 11.3. The van der Waals surface area contributed by atoms with Crippen LogP contribution in [0.3, 0.4) is 0 Å². The van der Waals surface area contributed by atoms with Crippen LogP contribution in [0.4, 0.5) is 0 Å². The smallest absolute Gasteiger partial charge is 0.550 e. The van der Waals surface area contributed by atoms with Crippen LogP contribution in [0.15, 0.2) is 12.2 Å². The number of hydrogen-bond acceptors (Lipinski definition) is 12. The van der Waals surface area contributed by atoms with E-state index in [-0.39, 0.29) is 71.6 Å². The van der Waals surface area contributed by atoms with Crippen molar-refractivity contribution < 1.29 is 87.7 Å². The maximum absolute atomic E-state index is 14.6. The summed E-state index contributed by atoms with van der Waals surface area (Å²) in [5, 5.41) is 34.9. The molecule has 5 aliphatic heterocycles. The Labute approximate surface area is 388 Å². The summed E-state index contributed by atoms with van der Waals surface area (Å²) in [6.45, 7) is 21.7. The Morgan fingerprint density at radius 1 is 0.885 bits per heavy atom. The van der Waals surface area contributed by atoms with E-state index in [1.807, 2.05) is 53.7 Å². The van der Waals surface area contributed by atoms with E-state index in [1.54, 1.807) is 6.92 Å². The van der Waals surface area contributed by atoms with E-state index in [1.165, 1.54) is 0 Å². The first-order valence-corrected chi connectivity index (χ1v) is 23.7. The van der Waals surface area contributed by atoms with E-state index in [9.17, 15) is 29.7 Å². The number of rotatable bonds is 17. The van der Waals surface area contributed by atoms with Crippen molar-refractivity contribution in [2.24, 2.45) is 41.4 Å². The summed E-state index contributed by atoms with van der Waals surface area (Å²) in [4.78, 5) is 39.8. The van der Waals surface area contributed by atoms with E-state index in [2.05, 4.69) is 27.7 Å². The molecule has 0 amide bonds. The largest absolute Gasteiger partial charge is 1.00 e. The molecule has 0 bridgehead atoms. The molecule has 0 aromatic carbocycles. The minimum Gasteiger partial charge on any atom is -0.550 e. The van der Waals surface area contributed by atoms with Gasteiger partial charge >= 0.3 is 35.5 Å². The second-order valence-electron chi connectivity index (χ2n) is 19.8. The van der Waals surface area contributed by atoms with Gasteiger partial charge in [-0.25, -0.2) is 0 Å². The summed E-state index contributed by atoms with van der Waals surface area (Å²) in [6, 6.07) is 0. The number of ether oxygens (including phenoxy) is 6. The van der Waals surface area contributed by atoms with Crippen LogP contribution in [-0.4, -0.2) is 93.4 Å². The van der Waals surface area contributed by atoms with Crippen molar-refractivity contribution >= 4 is 17.7 Å². The molecule has 2 N–H and O–H groups in total. The van der Waals surface area contributed by atoms with Gasteiger partial charge in [-0.15, -0.1) is 0 Å². The number of ketones is 1. The van der Waals surface area contributed by atoms with Crippen molar-refractivity contribution in [1.82, 2.24) is 0 Å². The molecule has 344 valence electrons. The summed E-state index contributed by atoms with van der Waals surface area (Å²) >= 11 is 0. The van der Waals surface area contributed by atoms with Crippen molar-refractivity contribution in [3.05, 3.63) is 12.2 Å². The third kappa shape index (κ3) is 11.0. The maximum Gasteiger partial charge on any atom is 1.00 e. The van der Waals surface area contributed by atoms with Gasteiger partial charge in [0.15, 0.2) is 11.9 Å². The fourth-order valence-corrected chi connectivity index (χ4v) is 11.3. The SMILES string of the molecule is CCCCCC(=O)O[C@@H]1C=C[C@]2(O[C@H]([C@@H](CC)C(=O)[C@@H](C)[C@@H](O)[C@H](C)[C@@H]3O[C@@H]([C@@H](CC)C(=O)[O-])CC[C@@H]3C)[C@@H](C)C[C@H]2C)O[C@@]12CC[C@@](C)([C@H]1CC[C@](O)(CC)[C@H](C)O1)O2.[Na+]. The molecule has 5 heterocycles. The van der Waals surface area contributed by atoms with Crippen LogP contribution in [0.25, 0.3) is 0 Å². The van der Waals surface area contributed by atoms with Gasteiger partial charge in [0.1, 0.15) is 5.78 Å². The third-order valence-corrected chi connectivity index (χ3v) is 15.6. The number of carbonyl (C=O) groups excluding carboxylic acids is 3. The first kappa shape index (κ1) is 52.7. The Balaban J connectivity index is 0.00000819. The van der Waals surface area contributed by atoms with Gasteiger partial charge in [-0.1, -0.05) is 75.2 Å². The number of carboxylic acid groups (broad SMARTS) is 1. The zero-order valence-corrected chi connectivity index (χ0v) is 41.6. The number of carbonyl (C=O) groups is 3. The van der Waals surface area contributed by atoms with Gasteiger partial charge in [-0.2, -0.15) is 0 Å². The van der Waals surface area contributed by atoms with Gasteiger partial charge < -0.3 is 48.5 Å². The summed E-state index contributed by atoms with van der Waals surface area (Å²) < 4.78 is 40.5. The molecule has 0 saturated carbocycles. The molecule has 0 unspecified atom stereocenters. The summed E-state index contributed by atoms with van der Waals surface area (Å²) in [7, 11) is 0. The minimum atomic E-state index is -1.39. The van der Waals surface area contributed by atoms with Gasteiger partial charge in [-0.05, 0) is 102 Å². The number of unbranched alkanes of at least 4 members (excludes halogenated alkanes) is 2. The van der Waals surface area contributed by atoms with Crippen LogP contribution in [0, 0.1) is 41.4 Å². The first-order chi connectivity index (χ1) is 28.2. The quantitative estimate of drug-likeness (QED) is 0.0935. The number of aliphatic carboxylic acids is 1. The summed E-state index contributed by atoms with van der Waals surface area (Å²) in [5.41, 5.74) is -1.72. The van der Waals surface area contributed by atoms with Gasteiger partial charge in [-0.3, -0.25) is 9.59 Å². The number of esters is 1. The Hall–Kier alpha value is -0.930. The molecule has 0 radical (unpaired) electrons. The molecule has 18 atom stereocenters. The van der Waals surface area contributed by atoms with Gasteiger partial charge in [0.05, 0.1) is 47.8 Å². The molecule has 0 aromatic rings. The third-order valence-electron chi connectivity index (χ3n) is 15.6. The van der Waals surface area contributed by atoms with Crippen LogP contribution in [0.1, 0.15) is 166 Å². The molecule has 4 fully saturated rings. The Morgan fingerprint density at radius 3 is 2.18 bits per heavy atom. The maximum atomic E-state index is 14.6. The number of aliphatic hydroxyl groups excluding tert-OH is 1. The molecule has 4 saturated heterocycles. The monoisotopic (exact) mass is 871 g/mol. The Kier molecular flexibility index (Phi) is 18.6. The molecule has 61 heavy (non-hydrogen) atoms.